The van der Waals surface area contributed by atoms with Crippen LogP contribution in [0.1, 0.15) is 34.5 Å². The van der Waals surface area contributed by atoms with Crippen molar-refractivity contribution in [1.29, 1.82) is 0 Å². The van der Waals surface area contributed by atoms with Gasteiger partial charge in [-0.25, -0.2) is 14.3 Å². The lowest BCUT2D eigenvalue weighted by molar-refractivity contribution is -0.136. The summed E-state index contributed by atoms with van der Waals surface area (Å²) in [5.41, 5.74) is 3.15. The van der Waals surface area contributed by atoms with Crippen molar-refractivity contribution in [1.82, 2.24) is 14.8 Å². The second kappa shape index (κ2) is 9.68. The predicted molar refractivity (Wildman–Crippen MR) is 125 cm³/mol. The van der Waals surface area contributed by atoms with Crippen LogP contribution in [0.25, 0.3) is 0 Å². The number of allylic oxidation sites excluding steroid dienone is 1. The molecule has 4 rings (SSSR count). The summed E-state index contributed by atoms with van der Waals surface area (Å²) in [4.78, 5) is 29.1. The Morgan fingerprint density at radius 1 is 1.09 bits per heavy atom. The summed E-state index contributed by atoms with van der Waals surface area (Å²) in [5.74, 6) is 0.182. The van der Waals surface area contributed by atoms with Gasteiger partial charge in [0.05, 0.1) is 25.4 Å². The first-order chi connectivity index (χ1) is 15.9. The maximum absolute atomic E-state index is 12.7. The number of hydrogen-bond acceptors (Lipinski definition) is 8. The Kier molecular flexibility index (Phi) is 6.71. The fourth-order valence-corrected chi connectivity index (χ4v) is 4.67. The van der Waals surface area contributed by atoms with Gasteiger partial charge in [0.25, 0.3) is 0 Å². The second-order valence-electron chi connectivity index (χ2n) is 7.21. The van der Waals surface area contributed by atoms with Crippen LogP contribution in [0.3, 0.4) is 0 Å². The number of carbonyl (C=O) groups excluding carboxylic acids is 2. The fourth-order valence-electron chi connectivity index (χ4n) is 3.55. The van der Waals surface area contributed by atoms with Gasteiger partial charge in [0.15, 0.2) is 0 Å². The summed E-state index contributed by atoms with van der Waals surface area (Å²) in [7, 11) is 2.66. The summed E-state index contributed by atoms with van der Waals surface area (Å²) in [6, 6.07) is 13.9. The van der Waals surface area contributed by atoms with Crippen molar-refractivity contribution in [2.75, 3.05) is 19.5 Å². The zero-order valence-corrected chi connectivity index (χ0v) is 19.7. The molecule has 1 unspecified atom stereocenters. The molecule has 10 heteroatoms. The number of benzene rings is 2. The van der Waals surface area contributed by atoms with Gasteiger partial charge in [0.2, 0.25) is 11.1 Å². The highest BCUT2D eigenvalue weighted by atomic mass is 35.5. The number of nitrogens with one attached hydrogen (secondary N) is 1. The molecule has 1 aliphatic heterocycles. The van der Waals surface area contributed by atoms with Crippen LogP contribution >= 0.6 is 23.4 Å². The van der Waals surface area contributed by atoms with Crippen LogP contribution in [0.15, 0.2) is 65.0 Å². The van der Waals surface area contributed by atoms with Gasteiger partial charge in [-0.2, -0.15) is 4.98 Å². The monoisotopic (exact) mass is 484 g/mol. The summed E-state index contributed by atoms with van der Waals surface area (Å²) in [5, 5.41) is 9.02. The molecule has 1 N–H and O–H groups in total. The van der Waals surface area contributed by atoms with Crippen molar-refractivity contribution in [2.45, 2.75) is 23.9 Å². The minimum absolute atomic E-state index is 0.406. The number of ether oxygens (including phenoxy) is 2. The molecule has 1 aromatic heterocycles. The van der Waals surface area contributed by atoms with E-state index in [-0.39, 0.29) is 0 Å². The number of thioether (sulfide) groups is 1. The molecule has 0 aliphatic carbocycles. The van der Waals surface area contributed by atoms with E-state index in [9.17, 15) is 9.59 Å². The smallest absolute Gasteiger partial charge is 0.338 e. The van der Waals surface area contributed by atoms with Gasteiger partial charge in [-0.1, -0.05) is 53.7 Å². The van der Waals surface area contributed by atoms with Crippen molar-refractivity contribution in [3.8, 4) is 0 Å². The number of rotatable bonds is 6. The number of nitrogens with zero attached hydrogens (tertiary/aromatic N) is 3. The molecule has 1 atom stereocenters. The number of hydrogen-bond donors (Lipinski definition) is 1. The van der Waals surface area contributed by atoms with E-state index in [0.29, 0.717) is 38.7 Å². The Labute approximate surface area is 199 Å². The predicted octanol–water partition coefficient (Wildman–Crippen LogP) is 4.47. The first kappa shape index (κ1) is 22.9. The normalized spacial score (nSPS) is 15.0. The van der Waals surface area contributed by atoms with E-state index in [1.807, 2.05) is 24.3 Å². The molecule has 3 aromatic rings. The number of aromatic nitrogens is 3. The maximum Gasteiger partial charge on any atom is 0.338 e. The summed E-state index contributed by atoms with van der Waals surface area (Å²) in [6.07, 6.45) is 0. The molecule has 2 aromatic carbocycles. The van der Waals surface area contributed by atoms with Gasteiger partial charge in [-0.05, 0) is 36.2 Å². The summed E-state index contributed by atoms with van der Waals surface area (Å²) < 4.78 is 11.5. The molecule has 0 fully saturated rings. The average molecular weight is 485 g/mol. The maximum atomic E-state index is 12.7. The molecule has 1 aliphatic rings. The zero-order valence-electron chi connectivity index (χ0n) is 18.2. The van der Waals surface area contributed by atoms with Gasteiger partial charge in [0.1, 0.15) is 6.04 Å². The number of esters is 2. The average Bonchev–Trinajstić information content (AvgIpc) is 3.24. The lowest BCUT2D eigenvalue weighted by Crippen LogP contribution is -2.29. The van der Waals surface area contributed by atoms with Crippen LogP contribution in [-0.2, 0) is 20.0 Å². The van der Waals surface area contributed by atoms with Gasteiger partial charge < -0.3 is 14.8 Å². The Balaban J connectivity index is 1.70. The number of carbonyl (C=O) groups is 2. The zero-order chi connectivity index (χ0) is 23.5. The van der Waals surface area contributed by atoms with Crippen LogP contribution in [0.5, 0.6) is 0 Å². The Bertz CT molecular complexity index is 1240. The van der Waals surface area contributed by atoms with Crippen molar-refractivity contribution in [3.63, 3.8) is 0 Å². The van der Waals surface area contributed by atoms with Crippen LogP contribution in [-0.4, -0.2) is 40.9 Å². The molecule has 170 valence electrons. The lowest BCUT2D eigenvalue weighted by Gasteiger charge is -2.27. The van der Waals surface area contributed by atoms with E-state index in [2.05, 4.69) is 15.4 Å². The van der Waals surface area contributed by atoms with E-state index < -0.39 is 18.0 Å². The van der Waals surface area contributed by atoms with Crippen molar-refractivity contribution in [2.24, 2.45) is 0 Å². The highest BCUT2D eigenvalue weighted by Gasteiger charge is 2.35. The molecule has 8 nitrogen and oxygen atoms in total. The fraction of sp³-hybridized carbons (Fsp3) is 0.217. The topological polar surface area (TPSA) is 95.3 Å². The van der Waals surface area contributed by atoms with E-state index in [1.54, 1.807) is 35.9 Å². The minimum Gasteiger partial charge on any atom is -0.466 e. The number of halogens is 1. The number of methoxy groups -OCH3 is 2. The lowest BCUT2D eigenvalue weighted by atomic mass is 9.95. The van der Waals surface area contributed by atoms with Crippen molar-refractivity contribution < 1.29 is 19.1 Å². The minimum atomic E-state index is -0.581. The number of anilines is 1. The van der Waals surface area contributed by atoms with Crippen molar-refractivity contribution in [3.05, 3.63) is 81.5 Å². The molecular weight excluding hydrogens is 464 g/mol. The highest BCUT2D eigenvalue weighted by Crippen LogP contribution is 2.37. The first-order valence-corrected chi connectivity index (χ1v) is 11.4. The van der Waals surface area contributed by atoms with Crippen LogP contribution in [0.2, 0.25) is 5.02 Å². The largest absolute Gasteiger partial charge is 0.466 e. The third-order valence-electron chi connectivity index (χ3n) is 5.20. The Hall–Kier alpha value is -3.30. The van der Waals surface area contributed by atoms with Crippen LogP contribution in [0, 0.1) is 0 Å². The molecule has 0 amide bonds. The third-order valence-corrected chi connectivity index (χ3v) is 6.46. The van der Waals surface area contributed by atoms with E-state index in [1.165, 1.54) is 26.0 Å². The molecule has 2 heterocycles. The molecule has 0 radical (unpaired) electrons. The quantitative estimate of drug-likeness (QED) is 0.404. The standard InChI is InChI=1S/C23H21ClN4O4S/c1-13-18(21(30)32-3)19(14-8-10-15(11-9-14)20(29)31-2)28-22(25-13)26-23(27-28)33-12-16-6-4-5-7-17(16)24/h4-11,19H,12H2,1-3H3,(H,25,26,27). The molecule has 0 spiro atoms. The molecule has 0 saturated heterocycles. The van der Waals surface area contributed by atoms with Gasteiger partial charge >= 0.3 is 11.9 Å². The van der Waals surface area contributed by atoms with Crippen LogP contribution < -0.4 is 5.32 Å². The first-order valence-electron chi connectivity index (χ1n) is 10.00. The van der Waals surface area contributed by atoms with E-state index in [0.717, 1.165) is 11.1 Å². The molecule has 0 bridgehead atoms. The van der Waals surface area contributed by atoms with Crippen molar-refractivity contribution >= 4 is 41.2 Å². The van der Waals surface area contributed by atoms with Gasteiger partial charge in [-0.3, -0.25) is 0 Å². The Morgan fingerprint density at radius 3 is 2.45 bits per heavy atom. The van der Waals surface area contributed by atoms with Gasteiger partial charge in [0, 0.05) is 16.5 Å². The van der Waals surface area contributed by atoms with Gasteiger partial charge in [-0.15, -0.1) is 5.10 Å². The highest BCUT2D eigenvalue weighted by molar-refractivity contribution is 7.98. The van der Waals surface area contributed by atoms with E-state index in [4.69, 9.17) is 21.1 Å². The molecule has 33 heavy (non-hydrogen) atoms. The van der Waals surface area contributed by atoms with E-state index >= 15 is 0 Å². The second-order valence-corrected chi connectivity index (χ2v) is 8.56. The summed E-state index contributed by atoms with van der Waals surface area (Å²) in [6.45, 7) is 1.79. The Morgan fingerprint density at radius 2 is 1.79 bits per heavy atom. The summed E-state index contributed by atoms with van der Waals surface area (Å²) >= 11 is 7.71. The number of fused-ring (bicyclic) bond motifs is 1. The molecular formula is C23H21ClN4O4S. The SMILES string of the molecule is COC(=O)C1=C(C)Nc2nc(SCc3ccccc3Cl)nn2C1c1ccc(C(=O)OC)cc1. The van der Waals surface area contributed by atoms with Crippen LogP contribution in [0.4, 0.5) is 5.95 Å². The third kappa shape index (κ3) is 4.60. The molecule has 0 saturated carbocycles.